The normalized spacial score (nSPS) is 22.2. The molecular formula is C16H23N3O. The highest BCUT2D eigenvalue weighted by Crippen LogP contribution is 2.35. The molecule has 1 atom stereocenters. The molecule has 1 heterocycles. The largest absolute Gasteiger partial charge is 0.491 e. The molecule has 1 aromatic carbocycles. The zero-order chi connectivity index (χ0) is 14.1. The van der Waals surface area contributed by atoms with Crippen molar-refractivity contribution in [3.8, 4) is 5.75 Å². The summed E-state index contributed by atoms with van der Waals surface area (Å²) < 4.78 is 5.78. The molecule has 0 bridgehead atoms. The van der Waals surface area contributed by atoms with Crippen molar-refractivity contribution in [1.82, 2.24) is 4.90 Å². The Morgan fingerprint density at radius 3 is 2.90 bits per heavy atom. The predicted octanol–water partition coefficient (Wildman–Crippen LogP) is 2.56. The smallest absolute Gasteiger partial charge is 0.191 e. The first-order chi connectivity index (χ1) is 9.63. The minimum atomic E-state index is 0.192. The number of hydrogen-bond donors (Lipinski definition) is 1. The van der Waals surface area contributed by atoms with Crippen LogP contribution in [0, 0.1) is 5.92 Å². The molecule has 1 saturated carbocycles. The summed E-state index contributed by atoms with van der Waals surface area (Å²) in [6.45, 7) is 5.88. The van der Waals surface area contributed by atoms with Crippen LogP contribution in [0.3, 0.4) is 0 Å². The van der Waals surface area contributed by atoms with Gasteiger partial charge in [-0.15, -0.1) is 0 Å². The van der Waals surface area contributed by atoms with Gasteiger partial charge in [0, 0.05) is 6.54 Å². The number of hydrogen-bond acceptors (Lipinski definition) is 4. The first-order valence-corrected chi connectivity index (χ1v) is 7.46. The number of ether oxygens (including phenoxy) is 1. The van der Waals surface area contributed by atoms with Crippen molar-refractivity contribution in [3.05, 3.63) is 29.8 Å². The molecular weight excluding hydrogens is 250 g/mol. The average molecular weight is 273 g/mol. The Bertz CT molecular complexity index is 508. The van der Waals surface area contributed by atoms with Gasteiger partial charge in [-0.3, -0.25) is 4.99 Å². The summed E-state index contributed by atoms with van der Waals surface area (Å²) >= 11 is 0. The van der Waals surface area contributed by atoms with Crippen molar-refractivity contribution in [3.63, 3.8) is 0 Å². The Labute approximate surface area is 120 Å². The number of rotatable bonds is 5. The van der Waals surface area contributed by atoms with E-state index in [1.54, 1.807) is 0 Å². The van der Waals surface area contributed by atoms with Crippen molar-refractivity contribution in [2.45, 2.75) is 38.8 Å². The molecule has 0 radical (unpaired) electrons. The molecule has 1 fully saturated rings. The third kappa shape index (κ3) is 2.89. The molecule has 3 rings (SSSR count). The molecule has 20 heavy (non-hydrogen) atoms. The zero-order valence-electron chi connectivity index (χ0n) is 12.2. The molecule has 108 valence electrons. The Balaban J connectivity index is 1.77. The Morgan fingerprint density at radius 1 is 1.40 bits per heavy atom. The van der Waals surface area contributed by atoms with Gasteiger partial charge in [-0.1, -0.05) is 12.1 Å². The van der Waals surface area contributed by atoms with Crippen molar-refractivity contribution in [2.24, 2.45) is 16.6 Å². The van der Waals surface area contributed by atoms with Gasteiger partial charge in [-0.05, 0) is 50.3 Å². The molecule has 0 amide bonds. The fraction of sp³-hybridized carbons (Fsp3) is 0.562. The van der Waals surface area contributed by atoms with Gasteiger partial charge in [0.25, 0.3) is 0 Å². The third-order valence-electron chi connectivity index (χ3n) is 3.86. The first kappa shape index (κ1) is 13.3. The van der Waals surface area contributed by atoms with Crippen molar-refractivity contribution < 1.29 is 4.74 Å². The highest BCUT2D eigenvalue weighted by molar-refractivity contribution is 5.80. The highest BCUT2D eigenvalue weighted by atomic mass is 16.5. The van der Waals surface area contributed by atoms with Crippen LogP contribution in [0.1, 0.15) is 38.3 Å². The zero-order valence-corrected chi connectivity index (χ0v) is 12.2. The van der Waals surface area contributed by atoms with Gasteiger partial charge in [-0.25, -0.2) is 0 Å². The van der Waals surface area contributed by atoms with Gasteiger partial charge < -0.3 is 15.4 Å². The summed E-state index contributed by atoms with van der Waals surface area (Å²) in [6, 6.07) is 8.60. The number of benzene rings is 1. The van der Waals surface area contributed by atoms with Crippen molar-refractivity contribution in [2.75, 3.05) is 13.1 Å². The van der Waals surface area contributed by atoms with Gasteiger partial charge in [0.05, 0.1) is 18.7 Å². The summed E-state index contributed by atoms with van der Waals surface area (Å²) in [5, 5.41) is 0. The van der Waals surface area contributed by atoms with E-state index in [1.165, 1.54) is 18.4 Å². The van der Waals surface area contributed by atoms with Gasteiger partial charge in [0.15, 0.2) is 5.96 Å². The molecule has 4 nitrogen and oxygen atoms in total. The molecule has 4 heteroatoms. The second-order valence-electron chi connectivity index (χ2n) is 6.05. The van der Waals surface area contributed by atoms with Crippen LogP contribution in [0.4, 0.5) is 0 Å². The van der Waals surface area contributed by atoms with E-state index in [1.807, 2.05) is 19.9 Å². The van der Waals surface area contributed by atoms with Gasteiger partial charge in [0.2, 0.25) is 0 Å². The van der Waals surface area contributed by atoms with Crippen LogP contribution in [-0.2, 0) is 0 Å². The number of nitrogens with two attached hydrogens (primary N) is 1. The summed E-state index contributed by atoms with van der Waals surface area (Å²) in [4.78, 5) is 6.68. The number of nitrogens with zero attached hydrogens (tertiary/aromatic N) is 2. The fourth-order valence-corrected chi connectivity index (χ4v) is 2.68. The maximum Gasteiger partial charge on any atom is 0.191 e. The summed E-state index contributed by atoms with van der Waals surface area (Å²) in [7, 11) is 0. The third-order valence-corrected chi connectivity index (χ3v) is 3.86. The molecule has 1 unspecified atom stereocenters. The van der Waals surface area contributed by atoms with Crippen LogP contribution < -0.4 is 10.5 Å². The monoisotopic (exact) mass is 273 g/mol. The van der Waals surface area contributed by atoms with Crippen molar-refractivity contribution in [1.29, 1.82) is 0 Å². The molecule has 0 aromatic heterocycles. The topological polar surface area (TPSA) is 50.9 Å². The van der Waals surface area contributed by atoms with E-state index >= 15 is 0 Å². The van der Waals surface area contributed by atoms with E-state index in [0.29, 0.717) is 5.96 Å². The predicted molar refractivity (Wildman–Crippen MR) is 80.9 cm³/mol. The van der Waals surface area contributed by atoms with Gasteiger partial charge >= 0.3 is 0 Å². The molecule has 0 spiro atoms. The standard InChI is InChI=1S/C16H23N3O/c1-11(2)20-14-5-3-4-13(8-14)15-9-18-16(17)19(15)10-12-6-7-12/h3-5,8,11-12,15H,6-7,9-10H2,1-2H3,(H2,17,18). The summed E-state index contributed by atoms with van der Waals surface area (Å²) in [5.74, 6) is 2.42. The lowest BCUT2D eigenvalue weighted by atomic mass is 10.1. The van der Waals surface area contributed by atoms with E-state index in [9.17, 15) is 0 Å². The van der Waals surface area contributed by atoms with Crippen LogP contribution in [0.2, 0.25) is 0 Å². The molecule has 0 saturated heterocycles. The van der Waals surface area contributed by atoms with E-state index in [0.717, 1.165) is 24.8 Å². The van der Waals surface area contributed by atoms with E-state index < -0.39 is 0 Å². The van der Waals surface area contributed by atoms with Crippen LogP contribution in [0.15, 0.2) is 29.3 Å². The molecule has 2 N–H and O–H groups in total. The van der Waals surface area contributed by atoms with E-state index in [4.69, 9.17) is 10.5 Å². The summed E-state index contributed by atoms with van der Waals surface area (Å²) in [6.07, 6.45) is 2.85. The summed E-state index contributed by atoms with van der Waals surface area (Å²) in [5.41, 5.74) is 7.29. The lowest BCUT2D eigenvalue weighted by Crippen LogP contribution is -2.37. The Morgan fingerprint density at radius 2 is 2.20 bits per heavy atom. The second kappa shape index (κ2) is 5.35. The number of aliphatic imine (C=N–C) groups is 1. The first-order valence-electron chi connectivity index (χ1n) is 7.46. The van der Waals surface area contributed by atoms with Gasteiger partial charge in [0.1, 0.15) is 5.75 Å². The number of guanidine groups is 1. The maximum absolute atomic E-state index is 6.05. The van der Waals surface area contributed by atoms with Gasteiger partial charge in [-0.2, -0.15) is 0 Å². The lowest BCUT2D eigenvalue weighted by Gasteiger charge is -2.27. The SMILES string of the molecule is CC(C)Oc1cccc(C2CN=C(N)N2CC2CC2)c1. The molecule has 1 aliphatic carbocycles. The molecule has 1 aromatic rings. The Kier molecular flexibility index (Phi) is 3.55. The lowest BCUT2D eigenvalue weighted by molar-refractivity contribution is 0.241. The van der Waals surface area contributed by atoms with Crippen LogP contribution >= 0.6 is 0 Å². The second-order valence-corrected chi connectivity index (χ2v) is 6.05. The average Bonchev–Trinajstić information content (AvgIpc) is 3.14. The van der Waals surface area contributed by atoms with Crippen LogP contribution in [0.25, 0.3) is 0 Å². The fourth-order valence-electron chi connectivity index (χ4n) is 2.68. The quantitative estimate of drug-likeness (QED) is 0.897. The van der Waals surface area contributed by atoms with Crippen LogP contribution in [-0.4, -0.2) is 30.1 Å². The van der Waals surface area contributed by atoms with E-state index in [-0.39, 0.29) is 12.1 Å². The Hall–Kier alpha value is -1.71. The molecule has 1 aliphatic heterocycles. The highest BCUT2D eigenvalue weighted by Gasteiger charge is 2.33. The van der Waals surface area contributed by atoms with Crippen LogP contribution in [0.5, 0.6) is 5.75 Å². The minimum absolute atomic E-state index is 0.192. The van der Waals surface area contributed by atoms with Crippen molar-refractivity contribution >= 4 is 5.96 Å². The van der Waals surface area contributed by atoms with E-state index in [2.05, 4.69) is 28.1 Å². The molecule has 2 aliphatic rings. The minimum Gasteiger partial charge on any atom is -0.491 e. The maximum atomic E-state index is 6.05.